The van der Waals surface area contributed by atoms with Crippen LogP contribution >= 0.6 is 0 Å². The molecule has 1 unspecified atom stereocenters. The fourth-order valence-corrected chi connectivity index (χ4v) is 3.47. The van der Waals surface area contributed by atoms with Gasteiger partial charge in [-0.1, -0.05) is 77.2 Å². The number of esters is 2. The molecule has 1 heterocycles. The van der Waals surface area contributed by atoms with E-state index in [-0.39, 0.29) is 19.8 Å². The van der Waals surface area contributed by atoms with Crippen molar-refractivity contribution in [1.29, 1.82) is 0 Å². The summed E-state index contributed by atoms with van der Waals surface area (Å²) in [6.07, 6.45) is 16.7. The van der Waals surface area contributed by atoms with Crippen molar-refractivity contribution in [1.82, 2.24) is 0 Å². The molecule has 0 aromatic carbocycles. The van der Waals surface area contributed by atoms with Crippen molar-refractivity contribution >= 4 is 11.9 Å². The fraction of sp³-hybridized carbons (Fsp3) is 0.818. The summed E-state index contributed by atoms with van der Waals surface area (Å²) in [4.78, 5) is 23.1. The summed E-state index contributed by atoms with van der Waals surface area (Å²) in [6.45, 7) is 3.34. The van der Waals surface area contributed by atoms with Crippen LogP contribution in [0.25, 0.3) is 0 Å². The van der Waals surface area contributed by atoms with Crippen LogP contribution in [0.2, 0.25) is 0 Å². The number of allylic oxidation sites excluding steroid dienone is 1. The van der Waals surface area contributed by atoms with Crippen molar-refractivity contribution in [3.05, 3.63) is 11.6 Å². The molecule has 5 nitrogen and oxygen atoms in total. The van der Waals surface area contributed by atoms with E-state index in [1.807, 2.05) is 6.08 Å². The van der Waals surface area contributed by atoms with Crippen LogP contribution in [0, 0.1) is 5.41 Å². The molecule has 0 radical (unpaired) electrons. The van der Waals surface area contributed by atoms with Gasteiger partial charge in [0.25, 0.3) is 0 Å². The molecule has 1 N–H and O–H groups in total. The highest BCUT2D eigenvalue weighted by molar-refractivity contribution is 5.92. The molecule has 1 atom stereocenters. The number of carbonyl (C=O) groups excluding carboxylic acids is 2. The highest BCUT2D eigenvalue weighted by Gasteiger charge is 2.46. The van der Waals surface area contributed by atoms with Gasteiger partial charge in [0.1, 0.15) is 13.2 Å². The van der Waals surface area contributed by atoms with E-state index in [1.165, 1.54) is 64.7 Å². The molecule has 27 heavy (non-hydrogen) atoms. The number of aliphatic hydroxyl groups excluding tert-OH is 1. The van der Waals surface area contributed by atoms with E-state index in [1.54, 1.807) is 0 Å². The van der Waals surface area contributed by atoms with Gasteiger partial charge in [-0.25, -0.2) is 4.79 Å². The van der Waals surface area contributed by atoms with Gasteiger partial charge in [-0.15, -0.1) is 0 Å². The van der Waals surface area contributed by atoms with Gasteiger partial charge in [-0.05, 0) is 12.8 Å². The van der Waals surface area contributed by atoms with Crippen molar-refractivity contribution in [3.63, 3.8) is 0 Å². The van der Waals surface area contributed by atoms with E-state index in [0.717, 1.165) is 19.3 Å². The maximum atomic E-state index is 12.0. The molecule has 0 aliphatic carbocycles. The molecule has 0 aromatic heterocycles. The minimum absolute atomic E-state index is 0.0192. The van der Waals surface area contributed by atoms with Crippen molar-refractivity contribution in [2.75, 3.05) is 19.8 Å². The van der Waals surface area contributed by atoms with Gasteiger partial charge in [0.2, 0.25) is 0 Å². The zero-order valence-electron chi connectivity index (χ0n) is 17.3. The normalized spacial score (nSPS) is 20.9. The second-order valence-electron chi connectivity index (χ2n) is 7.74. The third-order valence-corrected chi connectivity index (χ3v) is 5.28. The molecule has 5 heteroatoms. The molecule has 1 rings (SSSR count). The first-order valence-corrected chi connectivity index (χ1v) is 10.7. The van der Waals surface area contributed by atoms with E-state index in [0.29, 0.717) is 5.57 Å². The summed E-state index contributed by atoms with van der Waals surface area (Å²) in [5.74, 6) is -0.828. The molecule has 1 saturated heterocycles. The number of hydrogen-bond donors (Lipinski definition) is 1. The molecule has 1 aliphatic heterocycles. The first kappa shape index (κ1) is 23.7. The van der Waals surface area contributed by atoms with Gasteiger partial charge in [0, 0.05) is 12.5 Å². The number of carbonyl (C=O) groups is 2. The summed E-state index contributed by atoms with van der Waals surface area (Å²) < 4.78 is 10.1. The van der Waals surface area contributed by atoms with Crippen LogP contribution in [0.15, 0.2) is 11.6 Å². The number of cyclic esters (lactones) is 1. The average Bonchev–Trinajstić information content (AvgIpc) is 2.97. The predicted octanol–water partition coefficient (Wildman–Crippen LogP) is 4.71. The molecular weight excluding hydrogens is 344 g/mol. The molecule has 0 spiro atoms. The third-order valence-electron chi connectivity index (χ3n) is 5.28. The fourth-order valence-electron chi connectivity index (χ4n) is 3.47. The second kappa shape index (κ2) is 13.8. The Kier molecular flexibility index (Phi) is 12.1. The summed E-state index contributed by atoms with van der Waals surface area (Å²) >= 11 is 0. The van der Waals surface area contributed by atoms with Gasteiger partial charge in [0.15, 0.2) is 0 Å². The van der Waals surface area contributed by atoms with E-state index < -0.39 is 17.4 Å². The number of rotatable bonds is 15. The quantitative estimate of drug-likeness (QED) is 0.252. The van der Waals surface area contributed by atoms with Gasteiger partial charge in [-0.2, -0.15) is 0 Å². The highest BCUT2D eigenvalue weighted by Crippen LogP contribution is 2.35. The van der Waals surface area contributed by atoms with Gasteiger partial charge in [0.05, 0.1) is 12.0 Å². The van der Waals surface area contributed by atoms with Crippen LogP contribution in [0.4, 0.5) is 0 Å². The smallest absolute Gasteiger partial charge is 0.334 e. The maximum Gasteiger partial charge on any atom is 0.334 e. The SMILES string of the molecule is CCCCCCCCCCCCC/C=C1/C(=O)OCC1(CO)COC(C)=O. The lowest BCUT2D eigenvalue weighted by Gasteiger charge is -2.24. The Bertz CT molecular complexity index is 471. The summed E-state index contributed by atoms with van der Waals surface area (Å²) in [7, 11) is 0. The molecule has 156 valence electrons. The average molecular weight is 383 g/mol. The summed E-state index contributed by atoms with van der Waals surface area (Å²) in [5, 5.41) is 9.74. The summed E-state index contributed by atoms with van der Waals surface area (Å²) in [5.41, 5.74) is -0.445. The standard InChI is InChI=1S/C22H38O5/c1-3-4-5-6-7-8-9-10-11-12-13-14-15-20-21(25)27-18-22(20,16-23)17-26-19(2)24/h15,23H,3-14,16-18H2,1-2H3/b20-15-. The number of unbranched alkanes of at least 4 members (excludes halogenated alkanes) is 11. The van der Waals surface area contributed by atoms with Gasteiger partial charge in [-0.3, -0.25) is 4.79 Å². The molecule has 0 amide bonds. The zero-order chi connectivity index (χ0) is 20.0. The Hall–Kier alpha value is -1.36. The molecule has 1 fully saturated rings. The number of hydrogen-bond acceptors (Lipinski definition) is 5. The Morgan fingerprint density at radius 2 is 1.63 bits per heavy atom. The first-order chi connectivity index (χ1) is 13.1. The van der Waals surface area contributed by atoms with E-state index >= 15 is 0 Å². The summed E-state index contributed by atoms with van der Waals surface area (Å²) in [6, 6.07) is 0. The molecule has 0 aromatic rings. The van der Waals surface area contributed by atoms with Crippen molar-refractivity contribution in [3.8, 4) is 0 Å². The molecule has 0 bridgehead atoms. The monoisotopic (exact) mass is 382 g/mol. The second-order valence-corrected chi connectivity index (χ2v) is 7.74. The highest BCUT2D eigenvalue weighted by atomic mass is 16.6. The van der Waals surface area contributed by atoms with Gasteiger partial charge < -0.3 is 14.6 Å². The maximum absolute atomic E-state index is 12.0. The van der Waals surface area contributed by atoms with E-state index in [4.69, 9.17) is 9.47 Å². The van der Waals surface area contributed by atoms with Crippen LogP contribution in [0.3, 0.4) is 0 Å². The Labute approximate surface area is 164 Å². The molecular formula is C22H38O5. The number of aliphatic hydroxyl groups is 1. The van der Waals surface area contributed by atoms with Crippen LogP contribution in [0.1, 0.15) is 90.9 Å². The lowest BCUT2D eigenvalue weighted by Crippen LogP contribution is -2.34. The van der Waals surface area contributed by atoms with Crippen LogP contribution in [-0.2, 0) is 19.1 Å². The van der Waals surface area contributed by atoms with Crippen LogP contribution in [0.5, 0.6) is 0 Å². The molecule has 0 saturated carbocycles. The minimum Gasteiger partial charge on any atom is -0.465 e. The minimum atomic E-state index is -0.902. The van der Waals surface area contributed by atoms with E-state index in [2.05, 4.69) is 6.92 Å². The van der Waals surface area contributed by atoms with Crippen molar-refractivity contribution in [2.24, 2.45) is 5.41 Å². The largest absolute Gasteiger partial charge is 0.465 e. The van der Waals surface area contributed by atoms with Crippen LogP contribution in [-0.4, -0.2) is 36.9 Å². The van der Waals surface area contributed by atoms with E-state index in [9.17, 15) is 14.7 Å². The number of ether oxygens (including phenoxy) is 2. The topological polar surface area (TPSA) is 72.8 Å². The van der Waals surface area contributed by atoms with Crippen molar-refractivity contribution in [2.45, 2.75) is 90.9 Å². The van der Waals surface area contributed by atoms with Crippen LogP contribution < -0.4 is 0 Å². The Morgan fingerprint density at radius 1 is 1.07 bits per heavy atom. The lowest BCUT2D eigenvalue weighted by atomic mass is 9.83. The lowest BCUT2D eigenvalue weighted by molar-refractivity contribution is -0.144. The third kappa shape index (κ3) is 8.91. The molecule has 1 aliphatic rings. The zero-order valence-corrected chi connectivity index (χ0v) is 17.3. The Morgan fingerprint density at radius 3 is 2.15 bits per heavy atom. The van der Waals surface area contributed by atoms with Gasteiger partial charge >= 0.3 is 11.9 Å². The first-order valence-electron chi connectivity index (χ1n) is 10.7. The predicted molar refractivity (Wildman–Crippen MR) is 106 cm³/mol. The Balaban J connectivity index is 2.22. The van der Waals surface area contributed by atoms with Crippen molar-refractivity contribution < 1.29 is 24.2 Å².